The Kier molecular flexibility index (Phi) is 4.39. The number of carboxylic acids is 1. The normalized spacial score (nSPS) is 17.5. The second-order valence-electron chi connectivity index (χ2n) is 3.07. The average Bonchev–Trinajstić information content (AvgIpc) is 2.42. The van der Waals surface area contributed by atoms with Gasteiger partial charge in [-0.15, -0.1) is 0 Å². The molecule has 1 aromatic rings. The summed E-state index contributed by atoms with van der Waals surface area (Å²) in [6, 6.07) is 8.32. The summed E-state index contributed by atoms with van der Waals surface area (Å²) >= 11 is 0.750. The molecule has 0 aromatic heterocycles. The number of aliphatic carboxylic acids is 1. The van der Waals surface area contributed by atoms with Crippen LogP contribution in [0, 0.1) is 0 Å². The van der Waals surface area contributed by atoms with Gasteiger partial charge in [-0.05, 0) is 0 Å². The molecule has 1 heterocycles. The van der Waals surface area contributed by atoms with E-state index in [1.54, 1.807) is 0 Å². The van der Waals surface area contributed by atoms with Crippen LogP contribution in [-0.2, 0) is 37.3 Å². The second-order valence-corrected chi connectivity index (χ2v) is 6.61. The predicted octanol–water partition coefficient (Wildman–Crippen LogP) is 1.59. The van der Waals surface area contributed by atoms with Crippen LogP contribution in [0.1, 0.15) is 12.5 Å². The quantitative estimate of drug-likeness (QED) is 0.696. The van der Waals surface area contributed by atoms with Crippen LogP contribution in [-0.4, -0.2) is 14.7 Å². The molecule has 0 fully saturated rings. The van der Waals surface area contributed by atoms with Gasteiger partial charge in [0.15, 0.2) is 0 Å². The zero-order valence-corrected chi connectivity index (χ0v) is 13.6. The Morgan fingerprint density at radius 1 is 1.57 bits per heavy atom. The minimum atomic E-state index is -0.833. The van der Waals surface area contributed by atoms with Gasteiger partial charge in [0.25, 0.3) is 5.97 Å². The summed E-state index contributed by atoms with van der Waals surface area (Å²) in [4.78, 5) is 9.00. The molecular weight excluding hydrogens is 369 g/mol. The summed E-state index contributed by atoms with van der Waals surface area (Å²) in [5, 5.41) is 7.42. The number of hydrogen-bond donors (Lipinski definition) is 1. The van der Waals surface area contributed by atoms with Gasteiger partial charge in [0.2, 0.25) is 0 Å². The van der Waals surface area contributed by atoms with Gasteiger partial charge in [-0.25, -0.2) is 0 Å². The summed E-state index contributed by atoms with van der Waals surface area (Å²) in [7, 11) is 0. The molecule has 0 saturated carbocycles. The SMILES string of the molecule is CC(=O)O.[Hg][CH]1Cc2ccccc2O1. The van der Waals surface area contributed by atoms with Crippen molar-refractivity contribution in [3.63, 3.8) is 0 Å². The molecule has 3 nitrogen and oxygen atoms in total. The molecule has 0 aliphatic carbocycles. The molecule has 1 aliphatic rings. The van der Waals surface area contributed by atoms with E-state index in [4.69, 9.17) is 14.6 Å². The fraction of sp³-hybridized carbons (Fsp3) is 0.300. The molecule has 1 aliphatic heterocycles. The van der Waals surface area contributed by atoms with Gasteiger partial charge in [0, 0.05) is 6.92 Å². The van der Waals surface area contributed by atoms with Crippen molar-refractivity contribution in [2.75, 3.05) is 0 Å². The van der Waals surface area contributed by atoms with Gasteiger partial charge in [-0.2, -0.15) is 0 Å². The van der Waals surface area contributed by atoms with Crippen molar-refractivity contribution in [3.8, 4) is 5.75 Å². The summed E-state index contributed by atoms with van der Waals surface area (Å²) in [6.07, 6.45) is 1.15. The molecule has 2 rings (SSSR count). The zero-order valence-electron chi connectivity index (χ0n) is 8.06. The van der Waals surface area contributed by atoms with Crippen molar-refractivity contribution in [3.05, 3.63) is 29.8 Å². The average molecular weight is 380 g/mol. The summed E-state index contributed by atoms with van der Waals surface area (Å²) in [5.74, 6) is 0.280. The molecule has 0 radical (unpaired) electrons. The van der Waals surface area contributed by atoms with Crippen molar-refractivity contribution in [1.82, 2.24) is 0 Å². The Bertz CT molecular complexity index is 296. The van der Waals surface area contributed by atoms with Crippen molar-refractivity contribution in [1.29, 1.82) is 0 Å². The molecule has 0 saturated heterocycles. The van der Waals surface area contributed by atoms with E-state index in [1.165, 1.54) is 5.56 Å². The monoisotopic (exact) mass is 381 g/mol. The third-order valence-corrected chi connectivity index (χ3v) is 3.48. The van der Waals surface area contributed by atoms with E-state index in [0.29, 0.717) is 3.61 Å². The first-order valence-electron chi connectivity index (χ1n) is 4.36. The van der Waals surface area contributed by atoms with Crippen LogP contribution in [0.3, 0.4) is 0 Å². The Morgan fingerprint density at radius 2 is 2.14 bits per heavy atom. The fourth-order valence-electron chi connectivity index (χ4n) is 1.25. The van der Waals surface area contributed by atoms with Gasteiger partial charge < -0.3 is 5.11 Å². The molecular formula is C10H11HgO3. The van der Waals surface area contributed by atoms with Crippen molar-refractivity contribution >= 4 is 5.97 Å². The number of rotatable bonds is 0. The fourth-order valence-corrected chi connectivity index (χ4v) is 3.16. The molecule has 0 bridgehead atoms. The third-order valence-electron chi connectivity index (χ3n) is 1.71. The van der Waals surface area contributed by atoms with E-state index < -0.39 is 5.97 Å². The van der Waals surface area contributed by atoms with Crippen LogP contribution in [0.4, 0.5) is 0 Å². The van der Waals surface area contributed by atoms with Crippen LogP contribution < -0.4 is 4.74 Å². The first-order chi connectivity index (χ1) is 6.59. The Balaban J connectivity index is 0.000000213. The summed E-state index contributed by atoms with van der Waals surface area (Å²) in [5.41, 5.74) is 1.39. The first kappa shape index (κ1) is 11.5. The molecule has 1 N–H and O–H groups in total. The third kappa shape index (κ3) is 3.66. The first-order valence-corrected chi connectivity index (χ1v) is 7.54. The van der Waals surface area contributed by atoms with Crippen molar-refractivity contribution < 1.29 is 40.8 Å². The predicted molar refractivity (Wildman–Crippen MR) is 47.9 cm³/mol. The molecule has 0 spiro atoms. The number of hydrogen-bond acceptors (Lipinski definition) is 2. The van der Waals surface area contributed by atoms with Gasteiger partial charge in [0.1, 0.15) is 0 Å². The molecule has 1 unspecified atom stereocenters. The summed E-state index contributed by atoms with van der Waals surface area (Å²) in [6.45, 7) is 1.08. The number of fused-ring (bicyclic) bond motifs is 1. The van der Waals surface area contributed by atoms with E-state index in [0.717, 1.165) is 45.2 Å². The minimum absolute atomic E-state index is 0.567. The number of carbonyl (C=O) groups is 1. The Morgan fingerprint density at radius 3 is 2.71 bits per heavy atom. The maximum absolute atomic E-state index is 9.00. The molecule has 14 heavy (non-hydrogen) atoms. The maximum atomic E-state index is 9.00. The van der Waals surface area contributed by atoms with Crippen molar-refractivity contribution in [2.24, 2.45) is 0 Å². The molecule has 4 heteroatoms. The Labute approximate surface area is 99.1 Å². The van der Waals surface area contributed by atoms with E-state index in [9.17, 15) is 0 Å². The second kappa shape index (κ2) is 5.34. The van der Waals surface area contributed by atoms with Crippen LogP contribution in [0.25, 0.3) is 0 Å². The number of para-hydroxylation sites is 1. The van der Waals surface area contributed by atoms with Gasteiger partial charge in [0.05, 0.1) is 0 Å². The summed E-state index contributed by atoms with van der Waals surface area (Å²) < 4.78 is 6.16. The molecule has 1 atom stereocenters. The molecule has 1 aromatic carbocycles. The van der Waals surface area contributed by atoms with Crippen LogP contribution in [0.5, 0.6) is 5.75 Å². The molecule has 71 valence electrons. The van der Waals surface area contributed by atoms with E-state index in [1.807, 2.05) is 6.07 Å². The van der Waals surface area contributed by atoms with E-state index >= 15 is 0 Å². The van der Waals surface area contributed by atoms with Gasteiger partial charge in [-0.1, -0.05) is 0 Å². The van der Waals surface area contributed by atoms with E-state index in [2.05, 4.69) is 18.2 Å². The Hall–Kier alpha value is -0.575. The van der Waals surface area contributed by atoms with E-state index in [-0.39, 0.29) is 0 Å². The van der Waals surface area contributed by atoms with Crippen LogP contribution in [0.15, 0.2) is 24.3 Å². The van der Waals surface area contributed by atoms with Crippen molar-refractivity contribution in [2.45, 2.75) is 17.0 Å². The van der Waals surface area contributed by atoms with Gasteiger partial charge in [-0.3, -0.25) is 4.79 Å². The standard InChI is InChI=1S/C8H7O.C2H4O2.Hg/c1-2-4-8-7(3-1)5-6-9-8;1-2(3)4;/h1-4,6H,5H2;1H3,(H,3,4);. The zero-order chi connectivity index (χ0) is 10.6. The number of ether oxygens (including phenoxy) is 1. The van der Waals surface area contributed by atoms with Gasteiger partial charge >= 0.3 is 76.5 Å². The topological polar surface area (TPSA) is 46.5 Å². The number of benzene rings is 1. The van der Waals surface area contributed by atoms with Crippen LogP contribution in [0.2, 0.25) is 0 Å². The number of carboxylic acid groups (broad SMARTS) is 1. The molecule has 0 amide bonds. The van der Waals surface area contributed by atoms with Crippen LogP contribution >= 0.6 is 0 Å².